The molecule has 6 heteroatoms. The van der Waals surface area contributed by atoms with Crippen LogP contribution in [0.15, 0.2) is 35.6 Å². The molecule has 1 aromatic carbocycles. The molecule has 0 heterocycles. The van der Waals surface area contributed by atoms with Crippen LogP contribution in [0.2, 0.25) is 19.6 Å². The Kier molecular flexibility index (Phi) is 10.4. The highest BCUT2D eigenvalue weighted by Crippen LogP contribution is 2.71. The van der Waals surface area contributed by atoms with Crippen molar-refractivity contribution < 1.29 is 23.4 Å². The SMILES string of the molecule is COc1cc(C)c(OC)c(C/C=C(\C)C[C@H](C[C@]2(C)C[C@H]3C(O[Si](C)(C)C)=CCC[C@]2(C)C3(C)C)OC(=O)C(C)(C)C)c1. The maximum atomic E-state index is 13.3. The summed E-state index contributed by atoms with van der Waals surface area (Å²) in [5.41, 5.74) is 2.91. The molecule has 4 atom stereocenters. The summed E-state index contributed by atoms with van der Waals surface area (Å²) in [6, 6.07) is 4.05. The van der Waals surface area contributed by atoms with E-state index < -0.39 is 13.7 Å². The van der Waals surface area contributed by atoms with Gasteiger partial charge in [0, 0.05) is 17.9 Å². The number of aryl methyl sites for hydroxylation is 1. The van der Waals surface area contributed by atoms with Crippen molar-refractivity contribution >= 4 is 14.3 Å². The molecule has 0 aliphatic heterocycles. The monoisotopic (exact) mass is 612 g/mol. The van der Waals surface area contributed by atoms with Gasteiger partial charge in [0.2, 0.25) is 8.32 Å². The summed E-state index contributed by atoms with van der Waals surface area (Å²) in [6.07, 6.45) is 9.86. The number of fused-ring (bicyclic) bond motifs is 2. The van der Waals surface area contributed by atoms with Crippen LogP contribution in [0.5, 0.6) is 11.5 Å². The standard InChI is InChI=1S/C37H60O5Si/c1-25(17-18-27-22-28(39-10)21-26(2)32(27)40-11)20-29(41-33(38)34(3,4)5)23-36(8)24-30-31(42-43(12,13)14)16-15-19-37(36,9)35(30,6)7/h16-17,21-22,29-30H,15,18-20,23-24H2,1-14H3/b25-17+/t29-,30+,36-,37-/m1/s1. The summed E-state index contributed by atoms with van der Waals surface area (Å²) in [7, 11) is 1.66. The van der Waals surface area contributed by atoms with Gasteiger partial charge in [-0.2, -0.15) is 0 Å². The summed E-state index contributed by atoms with van der Waals surface area (Å²) in [6.45, 7) is 26.7. The fourth-order valence-electron chi connectivity index (χ4n) is 7.68. The molecule has 0 unspecified atom stereocenters. The fourth-order valence-corrected chi connectivity index (χ4v) is 8.61. The summed E-state index contributed by atoms with van der Waals surface area (Å²) in [5, 5.41) is 0. The Morgan fingerprint density at radius 2 is 1.74 bits per heavy atom. The lowest BCUT2D eigenvalue weighted by Gasteiger charge is -2.50. The largest absolute Gasteiger partial charge is 0.547 e. The van der Waals surface area contributed by atoms with Gasteiger partial charge in [-0.15, -0.1) is 0 Å². The third-order valence-electron chi connectivity index (χ3n) is 10.6. The number of methoxy groups -OCH3 is 2. The Morgan fingerprint density at radius 3 is 2.30 bits per heavy atom. The molecule has 1 saturated carbocycles. The highest BCUT2D eigenvalue weighted by atomic mass is 28.4. The zero-order valence-electron chi connectivity index (χ0n) is 29.7. The van der Waals surface area contributed by atoms with Crippen LogP contribution in [0.3, 0.4) is 0 Å². The molecule has 2 aliphatic carbocycles. The quantitative estimate of drug-likeness (QED) is 0.141. The van der Waals surface area contributed by atoms with E-state index >= 15 is 0 Å². The topological polar surface area (TPSA) is 54.0 Å². The van der Waals surface area contributed by atoms with Crippen molar-refractivity contribution in [3.8, 4) is 11.5 Å². The lowest BCUT2D eigenvalue weighted by Crippen LogP contribution is -2.44. The second-order valence-electron chi connectivity index (χ2n) is 16.3. The van der Waals surface area contributed by atoms with E-state index in [1.807, 2.05) is 39.8 Å². The van der Waals surface area contributed by atoms with Crippen LogP contribution in [0.25, 0.3) is 0 Å². The molecule has 0 radical (unpaired) electrons. The number of carbonyl (C=O) groups excluding carboxylic acids is 1. The summed E-state index contributed by atoms with van der Waals surface area (Å²) >= 11 is 0. The first-order valence-corrected chi connectivity index (χ1v) is 19.6. The third kappa shape index (κ3) is 7.54. The molecule has 43 heavy (non-hydrogen) atoms. The molecular weight excluding hydrogens is 552 g/mol. The summed E-state index contributed by atoms with van der Waals surface area (Å²) in [4.78, 5) is 13.3. The second kappa shape index (κ2) is 12.7. The maximum absolute atomic E-state index is 13.3. The average Bonchev–Trinajstić information content (AvgIpc) is 2.95. The van der Waals surface area contributed by atoms with Gasteiger partial charge in [0.15, 0.2) is 0 Å². The first-order chi connectivity index (χ1) is 19.7. The molecule has 0 spiro atoms. The first kappa shape index (κ1) is 35.3. The predicted molar refractivity (Wildman–Crippen MR) is 180 cm³/mol. The van der Waals surface area contributed by atoms with Crippen LogP contribution in [-0.2, 0) is 20.4 Å². The predicted octanol–water partition coefficient (Wildman–Crippen LogP) is 9.83. The number of rotatable bonds is 11. The fraction of sp³-hybridized carbons (Fsp3) is 0.703. The lowest BCUT2D eigenvalue weighted by atomic mass is 9.55. The van der Waals surface area contributed by atoms with Gasteiger partial charge in [0.1, 0.15) is 17.6 Å². The van der Waals surface area contributed by atoms with Crippen LogP contribution in [0, 0.1) is 34.5 Å². The van der Waals surface area contributed by atoms with Crippen molar-refractivity contribution in [2.75, 3.05) is 14.2 Å². The molecule has 1 fully saturated rings. The second-order valence-corrected chi connectivity index (χ2v) is 20.7. The summed E-state index contributed by atoms with van der Waals surface area (Å²) in [5.74, 6) is 3.15. The van der Waals surface area contributed by atoms with Crippen molar-refractivity contribution in [1.82, 2.24) is 0 Å². The molecule has 2 bridgehead atoms. The molecular formula is C37H60O5Si. The highest BCUT2D eigenvalue weighted by Gasteiger charge is 2.65. The number of ether oxygens (including phenoxy) is 3. The minimum absolute atomic E-state index is 0.0142. The molecule has 242 valence electrons. The van der Waals surface area contributed by atoms with E-state index in [1.165, 1.54) is 11.3 Å². The zero-order valence-corrected chi connectivity index (χ0v) is 30.7. The normalized spacial score (nSPS) is 26.3. The van der Waals surface area contributed by atoms with Crippen molar-refractivity contribution in [1.29, 1.82) is 0 Å². The van der Waals surface area contributed by atoms with E-state index in [2.05, 4.69) is 66.4 Å². The van der Waals surface area contributed by atoms with Crippen LogP contribution < -0.4 is 9.47 Å². The minimum Gasteiger partial charge on any atom is -0.547 e. The summed E-state index contributed by atoms with van der Waals surface area (Å²) < 4.78 is 24.4. The van der Waals surface area contributed by atoms with Gasteiger partial charge < -0.3 is 18.6 Å². The van der Waals surface area contributed by atoms with E-state index in [0.29, 0.717) is 12.3 Å². The van der Waals surface area contributed by atoms with Gasteiger partial charge in [-0.25, -0.2) is 0 Å². The number of hydrogen-bond acceptors (Lipinski definition) is 5. The Morgan fingerprint density at radius 1 is 1.09 bits per heavy atom. The number of allylic oxidation sites excluding steroid dienone is 3. The Balaban J connectivity index is 1.93. The lowest BCUT2D eigenvalue weighted by molar-refractivity contribution is -0.161. The van der Waals surface area contributed by atoms with Gasteiger partial charge in [0.05, 0.1) is 25.4 Å². The minimum atomic E-state index is -1.75. The molecule has 0 aromatic heterocycles. The molecule has 0 saturated heterocycles. The Hall–Kier alpha value is -2.21. The van der Waals surface area contributed by atoms with Gasteiger partial charge in [-0.3, -0.25) is 4.79 Å². The Labute approximate surface area is 263 Å². The van der Waals surface area contributed by atoms with Gasteiger partial charge in [0.25, 0.3) is 0 Å². The zero-order chi connectivity index (χ0) is 32.6. The molecule has 2 aliphatic rings. The molecule has 0 N–H and O–H groups in total. The van der Waals surface area contributed by atoms with E-state index in [9.17, 15) is 4.79 Å². The van der Waals surface area contributed by atoms with E-state index in [-0.39, 0.29) is 28.3 Å². The number of hydrogen-bond donors (Lipinski definition) is 0. The van der Waals surface area contributed by atoms with Crippen LogP contribution in [-0.4, -0.2) is 34.6 Å². The van der Waals surface area contributed by atoms with Crippen molar-refractivity contribution in [2.45, 2.75) is 127 Å². The number of esters is 1. The molecule has 1 aromatic rings. The van der Waals surface area contributed by atoms with Crippen molar-refractivity contribution in [2.24, 2.45) is 27.6 Å². The molecule has 3 rings (SSSR count). The van der Waals surface area contributed by atoms with Gasteiger partial charge in [-0.1, -0.05) is 39.3 Å². The van der Waals surface area contributed by atoms with Crippen molar-refractivity contribution in [3.63, 3.8) is 0 Å². The van der Waals surface area contributed by atoms with E-state index in [0.717, 1.165) is 54.7 Å². The number of carbonyl (C=O) groups is 1. The van der Waals surface area contributed by atoms with Crippen LogP contribution in [0.4, 0.5) is 0 Å². The third-order valence-corrected chi connectivity index (χ3v) is 11.4. The van der Waals surface area contributed by atoms with E-state index in [4.69, 9.17) is 18.6 Å². The molecule has 0 amide bonds. The first-order valence-electron chi connectivity index (χ1n) is 16.1. The average molecular weight is 613 g/mol. The molecule has 5 nitrogen and oxygen atoms in total. The number of benzene rings is 1. The van der Waals surface area contributed by atoms with Crippen LogP contribution in [0.1, 0.15) is 98.6 Å². The van der Waals surface area contributed by atoms with E-state index in [1.54, 1.807) is 14.2 Å². The Bertz CT molecular complexity index is 1230. The van der Waals surface area contributed by atoms with Gasteiger partial charge >= 0.3 is 5.97 Å². The maximum Gasteiger partial charge on any atom is 0.311 e. The van der Waals surface area contributed by atoms with Gasteiger partial charge in [-0.05, 0) is 126 Å². The van der Waals surface area contributed by atoms with Crippen LogP contribution >= 0.6 is 0 Å². The smallest absolute Gasteiger partial charge is 0.311 e. The highest BCUT2D eigenvalue weighted by molar-refractivity contribution is 6.70. The van der Waals surface area contributed by atoms with Crippen molar-refractivity contribution in [3.05, 3.63) is 46.7 Å².